The number of aromatic nitrogens is 3. The molecule has 1 N–H and O–H groups in total. The fourth-order valence-electron chi connectivity index (χ4n) is 2.71. The van der Waals surface area contributed by atoms with E-state index in [1.165, 1.54) is 12.8 Å². The third-order valence-electron chi connectivity index (χ3n) is 3.94. The quantitative estimate of drug-likeness (QED) is 0.620. The number of nitrogens with zero attached hydrogens (tertiary/aromatic N) is 3. The van der Waals surface area contributed by atoms with Crippen molar-refractivity contribution in [3.63, 3.8) is 0 Å². The van der Waals surface area contributed by atoms with Gasteiger partial charge >= 0.3 is 0 Å². The highest BCUT2D eigenvalue weighted by molar-refractivity contribution is 5.09. The van der Waals surface area contributed by atoms with Gasteiger partial charge in [-0.3, -0.25) is 4.68 Å². The van der Waals surface area contributed by atoms with E-state index in [1.807, 2.05) is 10.9 Å². The van der Waals surface area contributed by atoms with Crippen LogP contribution in [0.3, 0.4) is 0 Å². The van der Waals surface area contributed by atoms with Crippen molar-refractivity contribution in [3.8, 4) is 0 Å². The SMILES string of the molecule is CC1=CCC[C@@H](C)[C@H]1CNCCCn1ccnn1. The molecule has 100 valence electrons. The first kappa shape index (κ1) is 13.3. The lowest BCUT2D eigenvalue weighted by molar-refractivity contribution is 0.348. The molecule has 0 saturated carbocycles. The Morgan fingerprint density at radius 2 is 2.39 bits per heavy atom. The Balaban J connectivity index is 1.63. The van der Waals surface area contributed by atoms with Gasteiger partial charge in [0.1, 0.15) is 0 Å². The van der Waals surface area contributed by atoms with Crippen molar-refractivity contribution in [2.45, 2.75) is 39.7 Å². The van der Waals surface area contributed by atoms with Crippen LogP contribution in [0.25, 0.3) is 0 Å². The first-order chi connectivity index (χ1) is 8.77. The van der Waals surface area contributed by atoms with E-state index < -0.39 is 0 Å². The van der Waals surface area contributed by atoms with Gasteiger partial charge < -0.3 is 5.32 Å². The zero-order chi connectivity index (χ0) is 12.8. The molecule has 2 rings (SSSR count). The molecule has 0 spiro atoms. The van der Waals surface area contributed by atoms with Gasteiger partial charge in [-0.2, -0.15) is 0 Å². The Morgan fingerprint density at radius 3 is 3.11 bits per heavy atom. The minimum absolute atomic E-state index is 0.727. The average molecular weight is 248 g/mol. The first-order valence-electron chi connectivity index (χ1n) is 6.99. The highest BCUT2D eigenvalue weighted by Gasteiger charge is 2.21. The Labute approximate surface area is 109 Å². The summed E-state index contributed by atoms with van der Waals surface area (Å²) in [6, 6.07) is 0. The molecule has 0 unspecified atom stereocenters. The summed E-state index contributed by atoms with van der Waals surface area (Å²) in [6.45, 7) is 7.76. The van der Waals surface area contributed by atoms with E-state index >= 15 is 0 Å². The summed E-state index contributed by atoms with van der Waals surface area (Å²) in [5, 5.41) is 11.3. The van der Waals surface area contributed by atoms with Gasteiger partial charge in [-0.25, -0.2) is 0 Å². The summed E-state index contributed by atoms with van der Waals surface area (Å²) in [5.41, 5.74) is 1.57. The Hall–Kier alpha value is -1.16. The number of hydrogen-bond donors (Lipinski definition) is 1. The minimum Gasteiger partial charge on any atom is -0.316 e. The van der Waals surface area contributed by atoms with Crippen LogP contribution in [0.15, 0.2) is 24.0 Å². The maximum Gasteiger partial charge on any atom is 0.0692 e. The van der Waals surface area contributed by atoms with Gasteiger partial charge in [0.2, 0.25) is 0 Å². The van der Waals surface area contributed by atoms with E-state index in [0.29, 0.717) is 0 Å². The predicted octanol–water partition coefficient (Wildman–Crippen LogP) is 2.25. The summed E-state index contributed by atoms with van der Waals surface area (Å²) >= 11 is 0. The van der Waals surface area contributed by atoms with Gasteiger partial charge in [0.25, 0.3) is 0 Å². The number of nitrogens with one attached hydrogen (secondary N) is 1. The standard InChI is InChI=1S/C14H24N4/c1-12-5-3-6-13(2)14(12)11-15-7-4-9-18-10-8-16-17-18/h5,8,10,13-15H,3-4,6-7,9,11H2,1-2H3/t13-,14+/m1/s1. The molecule has 4 nitrogen and oxygen atoms in total. The van der Waals surface area contributed by atoms with E-state index in [-0.39, 0.29) is 0 Å². The zero-order valence-electron chi connectivity index (χ0n) is 11.5. The van der Waals surface area contributed by atoms with Crippen LogP contribution in [0.2, 0.25) is 0 Å². The molecule has 1 aromatic rings. The summed E-state index contributed by atoms with van der Waals surface area (Å²) in [4.78, 5) is 0. The molecule has 1 aliphatic rings. The smallest absolute Gasteiger partial charge is 0.0692 e. The molecule has 1 aromatic heterocycles. The fourth-order valence-corrected chi connectivity index (χ4v) is 2.71. The van der Waals surface area contributed by atoms with Crippen LogP contribution in [0.4, 0.5) is 0 Å². The second-order valence-corrected chi connectivity index (χ2v) is 5.33. The van der Waals surface area contributed by atoms with Gasteiger partial charge in [-0.15, -0.1) is 5.10 Å². The van der Waals surface area contributed by atoms with Crippen LogP contribution in [-0.4, -0.2) is 28.1 Å². The molecule has 2 atom stereocenters. The zero-order valence-corrected chi connectivity index (χ0v) is 11.5. The van der Waals surface area contributed by atoms with Crippen LogP contribution in [0.5, 0.6) is 0 Å². The highest BCUT2D eigenvalue weighted by atomic mass is 15.4. The van der Waals surface area contributed by atoms with Gasteiger partial charge in [0, 0.05) is 19.3 Å². The Bertz CT molecular complexity index is 369. The molecule has 18 heavy (non-hydrogen) atoms. The van der Waals surface area contributed by atoms with Crippen molar-refractivity contribution in [3.05, 3.63) is 24.0 Å². The number of hydrogen-bond acceptors (Lipinski definition) is 3. The molecular formula is C14H24N4. The van der Waals surface area contributed by atoms with E-state index in [1.54, 1.807) is 11.8 Å². The van der Waals surface area contributed by atoms with E-state index in [2.05, 4.69) is 35.6 Å². The largest absolute Gasteiger partial charge is 0.316 e. The van der Waals surface area contributed by atoms with Crippen LogP contribution in [0, 0.1) is 11.8 Å². The van der Waals surface area contributed by atoms with Crippen LogP contribution in [-0.2, 0) is 6.54 Å². The molecule has 1 aliphatic carbocycles. The third kappa shape index (κ3) is 3.67. The molecule has 0 radical (unpaired) electrons. The van der Waals surface area contributed by atoms with Crippen molar-refractivity contribution in [1.29, 1.82) is 0 Å². The second-order valence-electron chi connectivity index (χ2n) is 5.33. The topological polar surface area (TPSA) is 42.7 Å². The van der Waals surface area contributed by atoms with Crippen molar-refractivity contribution >= 4 is 0 Å². The molecule has 0 aliphatic heterocycles. The van der Waals surface area contributed by atoms with Crippen molar-refractivity contribution < 1.29 is 0 Å². The lowest BCUT2D eigenvalue weighted by atomic mass is 9.80. The molecule has 0 saturated heterocycles. The molecule has 0 aromatic carbocycles. The van der Waals surface area contributed by atoms with E-state index in [4.69, 9.17) is 0 Å². The maximum absolute atomic E-state index is 3.96. The average Bonchev–Trinajstić information content (AvgIpc) is 2.85. The summed E-state index contributed by atoms with van der Waals surface area (Å²) in [5.74, 6) is 1.54. The summed E-state index contributed by atoms with van der Waals surface area (Å²) in [6.07, 6.45) is 9.74. The lowest BCUT2D eigenvalue weighted by Crippen LogP contribution is -2.30. The van der Waals surface area contributed by atoms with Crippen molar-refractivity contribution in [1.82, 2.24) is 20.3 Å². The molecular weight excluding hydrogens is 224 g/mol. The van der Waals surface area contributed by atoms with Crippen LogP contribution >= 0.6 is 0 Å². The Morgan fingerprint density at radius 1 is 1.50 bits per heavy atom. The highest BCUT2D eigenvalue weighted by Crippen LogP contribution is 2.29. The maximum atomic E-state index is 3.96. The minimum atomic E-state index is 0.727. The van der Waals surface area contributed by atoms with Crippen molar-refractivity contribution in [2.24, 2.45) is 11.8 Å². The normalized spacial score (nSPS) is 24.0. The summed E-state index contributed by atoms with van der Waals surface area (Å²) < 4.78 is 1.88. The molecule has 1 heterocycles. The number of aryl methyl sites for hydroxylation is 1. The van der Waals surface area contributed by atoms with Crippen molar-refractivity contribution in [2.75, 3.05) is 13.1 Å². The van der Waals surface area contributed by atoms with Crippen LogP contribution in [0.1, 0.15) is 33.1 Å². The van der Waals surface area contributed by atoms with E-state index in [0.717, 1.165) is 37.9 Å². The summed E-state index contributed by atoms with van der Waals surface area (Å²) in [7, 11) is 0. The van der Waals surface area contributed by atoms with E-state index in [9.17, 15) is 0 Å². The number of allylic oxidation sites excluding steroid dienone is 1. The Kier molecular flexibility index (Phi) is 4.93. The van der Waals surface area contributed by atoms with Crippen LogP contribution < -0.4 is 5.32 Å². The first-order valence-corrected chi connectivity index (χ1v) is 6.99. The van der Waals surface area contributed by atoms with Gasteiger partial charge in [-0.05, 0) is 44.6 Å². The fraction of sp³-hybridized carbons (Fsp3) is 0.714. The van der Waals surface area contributed by atoms with Gasteiger partial charge in [-0.1, -0.05) is 23.8 Å². The molecule has 0 bridgehead atoms. The molecule has 4 heteroatoms. The number of rotatable bonds is 6. The van der Waals surface area contributed by atoms with Gasteiger partial charge in [0.05, 0.1) is 6.20 Å². The molecule has 0 amide bonds. The molecule has 0 fully saturated rings. The van der Waals surface area contributed by atoms with Gasteiger partial charge in [0.15, 0.2) is 0 Å². The monoisotopic (exact) mass is 248 g/mol. The predicted molar refractivity (Wildman–Crippen MR) is 73.2 cm³/mol. The lowest BCUT2D eigenvalue weighted by Gasteiger charge is -2.29. The second kappa shape index (κ2) is 6.69. The third-order valence-corrected chi connectivity index (χ3v) is 3.94.